The van der Waals surface area contributed by atoms with Crippen molar-refractivity contribution >= 4 is 5.97 Å². The number of hydrogen-bond acceptors (Lipinski definition) is 3. The lowest BCUT2D eigenvalue weighted by Gasteiger charge is -2.26. The molecule has 0 unspecified atom stereocenters. The minimum absolute atomic E-state index is 0.0563. The van der Waals surface area contributed by atoms with Gasteiger partial charge in [0.15, 0.2) is 0 Å². The average molecular weight is 371 g/mol. The predicted octanol–water partition coefficient (Wildman–Crippen LogP) is 3.77. The molecule has 26 heavy (non-hydrogen) atoms. The van der Waals surface area contributed by atoms with Crippen LogP contribution in [0.2, 0.25) is 0 Å². The van der Waals surface area contributed by atoms with Crippen molar-refractivity contribution in [1.82, 2.24) is 4.57 Å². The second-order valence-electron chi connectivity index (χ2n) is 6.25. The van der Waals surface area contributed by atoms with E-state index in [1.165, 1.54) is 30.3 Å². The molecule has 1 aromatic heterocycles. The molecule has 1 aromatic carbocycles. The van der Waals surface area contributed by atoms with Gasteiger partial charge in [0.05, 0.1) is 12.5 Å². The van der Waals surface area contributed by atoms with E-state index in [9.17, 15) is 27.5 Å². The summed E-state index contributed by atoms with van der Waals surface area (Å²) in [6.45, 7) is -0.0563. The van der Waals surface area contributed by atoms with E-state index in [4.69, 9.17) is 4.74 Å². The highest BCUT2D eigenvalue weighted by Gasteiger charge is 2.36. The molecule has 1 N–H and O–H groups in total. The molecule has 0 aliphatic carbocycles. The van der Waals surface area contributed by atoms with Gasteiger partial charge >= 0.3 is 12.1 Å². The number of halogens is 4. The molecule has 0 radical (unpaired) electrons. The van der Waals surface area contributed by atoms with Gasteiger partial charge in [0.25, 0.3) is 0 Å². The topological polar surface area (TPSA) is 51.5 Å². The van der Waals surface area contributed by atoms with E-state index >= 15 is 0 Å². The zero-order valence-electron chi connectivity index (χ0n) is 13.7. The van der Waals surface area contributed by atoms with Crippen LogP contribution in [-0.2, 0) is 22.3 Å². The van der Waals surface area contributed by atoms with Crippen LogP contribution in [0, 0.1) is 5.82 Å². The summed E-state index contributed by atoms with van der Waals surface area (Å²) >= 11 is 0. The fourth-order valence-corrected chi connectivity index (χ4v) is 3.14. The number of benzene rings is 1. The summed E-state index contributed by atoms with van der Waals surface area (Å²) in [4.78, 5) is 11.4. The highest BCUT2D eigenvalue weighted by Crippen LogP contribution is 2.35. The minimum atomic E-state index is -4.55. The van der Waals surface area contributed by atoms with Crippen LogP contribution in [-0.4, -0.2) is 27.9 Å². The second kappa shape index (κ2) is 7.11. The Kier molecular flexibility index (Phi) is 5.04. The third kappa shape index (κ3) is 4.07. The van der Waals surface area contributed by atoms with Gasteiger partial charge in [0.1, 0.15) is 17.6 Å². The first-order valence-corrected chi connectivity index (χ1v) is 8.14. The number of ether oxygens (including phenoxy) is 1. The maximum absolute atomic E-state index is 13.3. The summed E-state index contributed by atoms with van der Waals surface area (Å²) in [5.74, 6) is -1.04. The van der Waals surface area contributed by atoms with E-state index in [1.54, 1.807) is 0 Å². The number of alkyl halides is 3. The van der Waals surface area contributed by atoms with E-state index in [2.05, 4.69) is 0 Å². The highest BCUT2D eigenvalue weighted by atomic mass is 19.4. The van der Waals surface area contributed by atoms with Gasteiger partial charge in [0, 0.05) is 25.1 Å². The number of nitrogens with zero attached hydrogens (tertiary/aromatic N) is 1. The molecule has 2 heterocycles. The van der Waals surface area contributed by atoms with Gasteiger partial charge in [-0.2, -0.15) is 13.2 Å². The predicted molar refractivity (Wildman–Crippen MR) is 84.6 cm³/mol. The molecule has 0 amide bonds. The summed E-state index contributed by atoms with van der Waals surface area (Å²) in [5.41, 5.74) is -0.0953. The molecule has 1 saturated heterocycles. The van der Waals surface area contributed by atoms with Crippen molar-refractivity contribution in [3.8, 4) is 11.3 Å². The monoisotopic (exact) mass is 371 g/mol. The van der Waals surface area contributed by atoms with E-state index in [1.807, 2.05) is 0 Å². The normalized spacial score (nSPS) is 20.9. The van der Waals surface area contributed by atoms with E-state index in [0.29, 0.717) is 11.3 Å². The third-order valence-corrected chi connectivity index (χ3v) is 4.32. The Morgan fingerprint density at radius 3 is 2.46 bits per heavy atom. The number of hydrogen-bond donors (Lipinski definition) is 1. The summed E-state index contributed by atoms with van der Waals surface area (Å²) in [7, 11) is 0. The number of cyclic esters (lactones) is 1. The Balaban J connectivity index is 1.87. The lowest BCUT2D eigenvalue weighted by molar-refractivity contribution is -0.161. The number of aromatic nitrogens is 1. The Hall–Kier alpha value is -2.35. The lowest BCUT2D eigenvalue weighted by Crippen LogP contribution is -2.33. The molecule has 0 saturated carbocycles. The van der Waals surface area contributed by atoms with Crippen molar-refractivity contribution in [1.29, 1.82) is 0 Å². The number of rotatable bonds is 4. The Labute approximate surface area is 147 Å². The first-order valence-electron chi connectivity index (χ1n) is 8.14. The molecule has 3 rings (SSSR count). The zero-order valence-corrected chi connectivity index (χ0v) is 13.7. The maximum Gasteiger partial charge on any atom is 0.431 e. The van der Waals surface area contributed by atoms with Crippen LogP contribution in [0.3, 0.4) is 0 Å². The van der Waals surface area contributed by atoms with Crippen molar-refractivity contribution < 1.29 is 32.2 Å². The zero-order chi connectivity index (χ0) is 18.9. The Morgan fingerprint density at radius 2 is 1.85 bits per heavy atom. The molecule has 4 nitrogen and oxygen atoms in total. The fraction of sp³-hybridized carbons (Fsp3) is 0.389. The molecule has 1 aliphatic heterocycles. The smallest absolute Gasteiger partial charge is 0.431 e. The number of esters is 1. The highest BCUT2D eigenvalue weighted by molar-refractivity contribution is 5.71. The number of carbonyl (C=O) groups excluding carboxylic acids is 1. The maximum atomic E-state index is 13.3. The Morgan fingerprint density at radius 1 is 1.15 bits per heavy atom. The first-order chi connectivity index (χ1) is 12.2. The van der Waals surface area contributed by atoms with Gasteiger partial charge in [-0.25, -0.2) is 4.39 Å². The van der Waals surface area contributed by atoms with Gasteiger partial charge in [-0.15, -0.1) is 0 Å². The lowest BCUT2D eigenvalue weighted by atomic mass is 10.0. The van der Waals surface area contributed by atoms with Crippen LogP contribution in [0.25, 0.3) is 11.3 Å². The molecule has 1 aliphatic rings. The largest absolute Gasteiger partial charge is 0.462 e. The summed E-state index contributed by atoms with van der Waals surface area (Å²) in [6, 6.07) is 7.48. The Bertz CT molecular complexity index is 783. The second-order valence-corrected chi connectivity index (χ2v) is 6.25. The van der Waals surface area contributed by atoms with Crippen LogP contribution in [0.4, 0.5) is 17.6 Å². The van der Waals surface area contributed by atoms with Crippen LogP contribution < -0.4 is 0 Å². The van der Waals surface area contributed by atoms with Gasteiger partial charge in [-0.05, 0) is 42.0 Å². The van der Waals surface area contributed by atoms with Crippen LogP contribution >= 0.6 is 0 Å². The molecular formula is C18H17F4NO3. The molecule has 2 aromatic rings. The average Bonchev–Trinajstić information content (AvgIpc) is 2.97. The fourth-order valence-electron chi connectivity index (χ4n) is 3.14. The van der Waals surface area contributed by atoms with Crippen molar-refractivity contribution in [3.63, 3.8) is 0 Å². The third-order valence-electron chi connectivity index (χ3n) is 4.32. The molecule has 8 heteroatoms. The van der Waals surface area contributed by atoms with Crippen molar-refractivity contribution in [2.24, 2.45) is 0 Å². The van der Waals surface area contributed by atoms with Crippen molar-refractivity contribution in [2.75, 3.05) is 0 Å². The summed E-state index contributed by atoms with van der Waals surface area (Å²) in [6.07, 6.45) is -5.81. The molecular weight excluding hydrogens is 354 g/mol. The molecule has 2 atom stereocenters. The molecule has 0 spiro atoms. The number of carbonyl (C=O) groups is 1. The van der Waals surface area contributed by atoms with E-state index in [0.717, 1.165) is 10.6 Å². The van der Waals surface area contributed by atoms with Gasteiger partial charge in [0.2, 0.25) is 0 Å². The molecule has 1 fully saturated rings. The van der Waals surface area contributed by atoms with E-state index in [-0.39, 0.29) is 25.8 Å². The van der Waals surface area contributed by atoms with Crippen molar-refractivity contribution in [2.45, 2.75) is 44.2 Å². The van der Waals surface area contributed by atoms with Crippen LogP contribution in [0.1, 0.15) is 25.0 Å². The van der Waals surface area contributed by atoms with Gasteiger partial charge in [-0.3, -0.25) is 4.79 Å². The van der Waals surface area contributed by atoms with E-state index < -0.39 is 35.9 Å². The summed E-state index contributed by atoms with van der Waals surface area (Å²) in [5, 5.41) is 9.63. The van der Waals surface area contributed by atoms with Gasteiger partial charge in [-0.1, -0.05) is 0 Å². The van der Waals surface area contributed by atoms with Crippen LogP contribution in [0.5, 0.6) is 0 Å². The standard InChI is InChI=1S/C18H17F4NO3/c19-12-3-1-11(2-4-12)15-5-6-16(18(20,21)22)23(15)8-7-14-9-13(24)10-17(25)26-14/h1-6,13-14,24H,7-10H2/t13-,14-/m0/s1. The first kappa shape index (κ1) is 18.4. The number of aliphatic hydroxyl groups excluding tert-OH is 1. The molecule has 140 valence electrons. The van der Waals surface area contributed by atoms with Gasteiger partial charge < -0.3 is 14.4 Å². The number of aliphatic hydroxyl groups is 1. The molecule has 0 bridgehead atoms. The quantitative estimate of drug-likeness (QED) is 0.658. The van der Waals surface area contributed by atoms with Crippen LogP contribution in [0.15, 0.2) is 36.4 Å². The SMILES string of the molecule is O=C1C[C@@H](O)C[C@H](CCn2c(-c3ccc(F)cc3)ccc2C(F)(F)F)O1. The summed E-state index contributed by atoms with van der Waals surface area (Å²) < 4.78 is 59.3. The minimum Gasteiger partial charge on any atom is -0.462 e. The van der Waals surface area contributed by atoms with Crippen molar-refractivity contribution in [3.05, 3.63) is 47.9 Å².